The Labute approximate surface area is 113 Å². The van der Waals surface area contributed by atoms with Crippen LogP contribution >= 0.6 is 0 Å². The molecule has 0 spiro atoms. The van der Waals surface area contributed by atoms with Gasteiger partial charge in [-0.25, -0.2) is 0 Å². The molecule has 0 amide bonds. The van der Waals surface area contributed by atoms with Crippen molar-refractivity contribution in [2.45, 2.75) is 6.92 Å². The fraction of sp³-hybridized carbons (Fsp3) is 0.200. The van der Waals surface area contributed by atoms with Crippen molar-refractivity contribution >= 4 is 17.1 Å². The third kappa shape index (κ3) is 2.91. The molecule has 0 saturated carbocycles. The minimum atomic E-state index is 0.675. The van der Waals surface area contributed by atoms with Gasteiger partial charge in [-0.2, -0.15) is 0 Å². The summed E-state index contributed by atoms with van der Waals surface area (Å²) in [4.78, 5) is 0. The number of methoxy groups -OCH3 is 2. The Hall–Kier alpha value is -2.36. The number of aryl methyl sites for hydroxylation is 1. The van der Waals surface area contributed by atoms with E-state index in [-0.39, 0.29) is 0 Å². The van der Waals surface area contributed by atoms with Crippen LogP contribution in [0.3, 0.4) is 0 Å². The molecule has 0 aromatic heterocycles. The minimum Gasteiger partial charge on any atom is -0.497 e. The summed E-state index contributed by atoms with van der Waals surface area (Å²) >= 11 is 0. The van der Waals surface area contributed by atoms with Gasteiger partial charge in [0.15, 0.2) is 0 Å². The van der Waals surface area contributed by atoms with Gasteiger partial charge in [0.05, 0.1) is 25.6 Å². The summed E-state index contributed by atoms with van der Waals surface area (Å²) in [5, 5.41) is 3.28. The lowest BCUT2D eigenvalue weighted by molar-refractivity contribution is 0.412. The Kier molecular flexibility index (Phi) is 3.80. The molecule has 0 aliphatic heterocycles. The zero-order valence-electron chi connectivity index (χ0n) is 11.4. The Morgan fingerprint density at radius 1 is 1.00 bits per heavy atom. The largest absolute Gasteiger partial charge is 0.497 e. The highest BCUT2D eigenvalue weighted by Gasteiger charge is 2.04. The number of nitrogen functional groups attached to an aromatic ring is 1. The van der Waals surface area contributed by atoms with Crippen molar-refractivity contribution in [2.24, 2.45) is 0 Å². The second kappa shape index (κ2) is 5.52. The van der Waals surface area contributed by atoms with Crippen molar-refractivity contribution in [3.63, 3.8) is 0 Å². The molecule has 3 N–H and O–H groups in total. The van der Waals surface area contributed by atoms with Crippen molar-refractivity contribution in [2.75, 3.05) is 25.3 Å². The number of rotatable bonds is 4. The van der Waals surface area contributed by atoms with Crippen LogP contribution in [0.25, 0.3) is 0 Å². The van der Waals surface area contributed by atoms with Gasteiger partial charge in [-0.15, -0.1) is 0 Å². The number of ether oxygens (including phenoxy) is 2. The molecule has 0 bridgehead atoms. The highest BCUT2D eigenvalue weighted by Crippen LogP contribution is 2.29. The third-order valence-corrected chi connectivity index (χ3v) is 2.93. The molecule has 0 heterocycles. The third-order valence-electron chi connectivity index (χ3n) is 2.93. The van der Waals surface area contributed by atoms with Gasteiger partial charge >= 0.3 is 0 Å². The number of hydrogen-bond acceptors (Lipinski definition) is 4. The monoisotopic (exact) mass is 258 g/mol. The first-order chi connectivity index (χ1) is 9.13. The minimum absolute atomic E-state index is 0.675. The molecule has 2 rings (SSSR count). The van der Waals surface area contributed by atoms with Crippen LogP contribution in [0.15, 0.2) is 36.4 Å². The fourth-order valence-corrected chi connectivity index (χ4v) is 1.88. The molecular formula is C15H18N2O2. The molecule has 2 aromatic carbocycles. The van der Waals surface area contributed by atoms with E-state index in [2.05, 4.69) is 5.32 Å². The fourth-order valence-electron chi connectivity index (χ4n) is 1.88. The van der Waals surface area contributed by atoms with Crippen molar-refractivity contribution in [3.8, 4) is 11.5 Å². The summed E-state index contributed by atoms with van der Waals surface area (Å²) in [6, 6.07) is 11.4. The summed E-state index contributed by atoms with van der Waals surface area (Å²) in [5.41, 5.74) is 9.46. The van der Waals surface area contributed by atoms with Gasteiger partial charge in [-0.05, 0) is 42.8 Å². The lowest BCUT2D eigenvalue weighted by atomic mass is 10.2. The molecule has 0 saturated heterocycles. The van der Waals surface area contributed by atoms with Crippen LogP contribution in [-0.4, -0.2) is 14.2 Å². The molecule has 0 aliphatic rings. The van der Waals surface area contributed by atoms with Gasteiger partial charge in [-0.3, -0.25) is 0 Å². The number of anilines is 3. The predicted octanol–water partition coefficient (Wildman–Crippen LogP) is 3.34. The van der Waals surface area contributed by atoms with Gasteiger partial charge in [0.1, 0.15) is 11.5 Å². The predicted molar refractivity (Wildman–Crippen MR) is 78.4 cm³/mol. The summed E-state index contributed by atoms with van der Waals surface area (Å²) in [5.74, 6) is 1.63. The molecule has 0 atom stereocenters. The molecule has 0 fully saturated rings. The van der Waals surface area contributed by atoms with Crippen molar-refractivity contribution in [1.82, 2.24) is 0 Å². The van der Waals surface area contributed by atoms with E-state index in [1.807, 2.05) is 43.3 Å². The molecular weight excluding hydrogens is 240 g/mol. The maximum atomic E-state index is 5.94. The van der Waals surface area contributed by atoms with E-state index >= 15 is 0 Å². The zero-order chi connectivity index (χ0) is 13.8. The summed E-state index contributed by atoms with van der Waals surface area (Å²) in [6.45, 7) is 2.00. The van der Waals surface area contributed by atoms with Gasteiger partial charge in [0, 0.05) is 11.8 Å². The van der Waals surface area contributed by atoms with E-state index in [9.17, 15) is 0 Å². The Bertz CT molecular complexity index is 582. The van der Waals surface area contributed by atoms with Crippen LogP contribution in [0.1, 0.15) is 5.56 Å². The highest BCUT2D eigenvalue weighted by molar-refractivity contribution is 5.74. The van der Waals surface area contributed by atoms with E-state index in [4.69, 9.17) is 15.2 Å². The molecule has 19 heavy (non-hydrogen) atoms. The van der Waals surface area contributed by atoms with Gasteiger partial charge in [-0.1, -0.05) is 0 Å². The summed E-state index contributed by atoms with van der Waals surface area (Å²) < 4.78 is 10.4. The Morgan fingerprint density at radius 2 is 1.79 bits per heavy atom. The SMILES string of the molecule is COc1ccc(N)c(Nc2ccc(OC)c(C)c2)c1. The Morgan fingerprint density at radius 3 is 2.42 bits per heavy atom. The van der Waals surface area contributed by atoms with Crippen molar-refractivity contribution in [3.05, 3.63) is 42.0 Å². The van der Waals surface area contributed by atoms with Crippen LogP contribution in [0.4, 0.5) is 17.1 Å². The van der Waals surface area contributed by atoms with E-state index in [1.165, 1.54) is 0 Å². The van der Waals surface area contributed by atoms with E-state index in [0.717, 1.165) is 28.4 Å². The quantitative estimate of drug-likeness (QED) is 0.826. The highest BCUT2D eigenvalue weighted by atomic mass is 16.5. The molecule has 0 unspecified atom stereocenters. The lowest BCUT2D eigenvalue weighted by Crippen LogP contribution is -1.98. The van der Waals surface area contributed by atoms with Crippen LogP contribution in [0, 0.1) is 6.92 Å². The molecule has 100 valence electrons. The number of nitrogens with two attached hydrogens (primary N) is 1. The van der Waals surface area contributed by atoms with E-state index < -0.39 is 0 Å². The average molecular weight is 258 g/mol. The molecule has 0 radical (unpaired) electrons. The molecule has 2 aromatic rings. The van der Waals surface area contributed by atoms with Crippen LogP contribution < -0.4 is 20.5 Å². The second-order valence-electron chi connectivity index (χ2n) is 4.26. The number of nitrogens with one attached hydrogen (secondary N) is 1. The standard InChI is InChI=1S/C15H18N2O2/c1-10-8-11(4-7-15(10)19-3)17-14-9-12(18-2)5-6-13(14)16/h4-9,17H,16H2,1-3H3. The number of hydrogen-bond donors (Lipinski definition) is 2. The van der Waals surface area contributed by atoms with Gasteiger partial charge < -0.3 is 20.5 Å². The normalized spacial score (nSPS) is 10.1. The second-order valence-corrected chi connectivity index (χ2v) is 4.26. The van der Waals surface area contributed by atoms with E-state index in [0.29, 0.717) is 5.69 Å². The van der Waals surface area contributed by atoms with Gasteiger partial charge in [0.25, 0.3) is 0 Å². The van der Waals surface area contributed by atoms with Gasteiger partial charge in [0.2, 0.25) is 0 Å². The van der Waals surface area contributed by atoms with Crippen LogP contribution in [-0.2, 0) is 0 Å². The summed E-state index contributed by atoms with van der Waals surface area (Å²) in [6.07, 6.45) is 0. The molecule has 4 heteroatoms. The smallest absolute Gasteiger partial charge is 0.121 e. The van der Waals surface area contributed by atoms with Crippen LogP contribution in [0.5, 0.6) is 11.5 Å². The average Bonchev–Trinajstić information content (AvgIpc) is 2.41. The number of benzene rings is 2. The van der Waals surface area contributed by atoms with Crippen molar-refractivity contribution < 1.29 is 9.47 Å². The lowest BCUT2D eigenvalue weighted by Gasteiger charge is -2.12. The summed E-state index contributed by atoms with van der Waals surface area (Å²) in [7, 11) is 3.29. The molecule has 0 aliphatic carbocycles. The first-order valence-corrected chi connectivity index (χ1v) is 5.99. The Balaban J connectivity index is 2.28. The molecule has 4 nitrogen and oxygen atoms in total. The van der Waals surface area contributed by atoms with E-state index in [1.54, 1.807) is 14.2 Å². The van der Waals surface area contributed by atoms with Crippen molar-refractivity contribution in [1.29, 1.82) is 0 Å². The first-order valence-electron chi connectivity index (χ1n) is 5.99. The maximum Gasteiger partial charge on any atom is 0.121 e. The first kappa shape index (κ1) is 13.1. The van der Waals surface area contributed by atoms with Crippen LogP contribution in [0.2, 0.25) is 0 Å². The topological polar surface area (TPSA) is 56.5 Å². The zero-order valence-corrected chi connectivity index (χ0v) is 11.4. The maximum absolute atomic E-state index is 5.94.